The summed E-state index contributed by atoms with van der Waals surface area (Å²) in [5.74, 6) is -0.594. The minimum Gasteiger partial charge on any atom is -0.506 e. The van der Waals surface area contributed by atoms with Crippen LogP contribution in [0.25, 0.3) is 0 Å². The summed E-state index contributed by atoms with van der Waals surface area (Å²) in [6.45, 7) is -0.125. The number of nitrogens with zero attached hydrogens (tertiary/aromatic N) is 1. The average molecular weight is 262 g/mol. The number of phenols is 1. The first-order valence-corrected chi connectivity index (χ1v) is 5.05. The van der Waals surface area contributed by atoms with Crippen molar-refractivity contribution < 1.29 is 14.6 Å². The predicted octanol–water partition coefficient (Wildman–Crippen LogP) is 2.29. The first-order chi connectivity index (χ1) is 7.54. The normalized spacial score (nSPS) is 10.7. The highest BCUT2D eigenvalue weighted by atomic mass is 35.5. The minimum atomic E-state index is -0.469. The van der Waals surface area contributed by atoms with Gasteiger partial charge in [-0.2, -0.15) is 0 Å². The second kappa shape index (κ2) is 5.72. The van der Waals surface area contributed by atoms with Crippen molar-refractivity contribution in [2.75, 3.05) is 13.7 Å². The summed E-state index contributed by atoms with van der Waals surface area (Å²) < 4.78 is 4.40. The van der Waals surface area contributed by atoms with Crippen LogP contribution in [0.15, 0.2) is 17.1 Å². The molecule has 86 valence electrons. The third kappa shape index (κ3) is 3.40. The molecule has 1 aromatic carbocycles. The Kier molecular flexibility index (Phi) is 4.58. The van der Waals surface area contributed by atoms with E-state index >= 15 is 0 Å². The summed E-state index contributed by atoms with van der Waals surface area (Å²) in [7, 11) is 1.27. The number of esters is 1. The molecule has 0 saturated heterocycles. The summed E-state index contributed by atoms with van der Waals surface area (Å²) >= 11 is 11.4. The van der Waals surface area contributed by atoms with Gasteiger partial charge in [0.1, 0.15) is 12.3 Å². The first-order valence-electron chi connectivity index (χ1n) is 4.29. The molecule has 0 spiro atoms. The second-order valence-corrected chi connectivity index (χ2v) is 3.72. The van der Waals surface area contributed by atoms with Crippen LogP contribution in [0.2, 0.25) is 10.0 Å². The molecule has 0 fully saturated rings. The fourth-order valence-electron chi connectivity index (χ4n) is 0.967. The van der Waals surface area contributed by atoms with Crippen molar-refractivity contribution in [3.63, 3.8) is 0 Å². The molecular weight excluding hydrogens is 253 g/mol. The summed E-state index contributed by atoms with van der Waals surface area (Å²) in [4.78, 5) is 14.5. The van der Waals surface area contributed by atoms with Crippen LogP contribution in [0.1, 0.15) is 5.56 Å². The number of halogens is 2. The molecular formula is C10H9Cl2NO3. The van der Waals surface area contributed by atoms with Crippen LogP contribution in [-0.2, 0) is 9.53 Å². The predicted molar refractivity (Wildman–Crippen MR) is 62.6 cm³/mol. The molecule has 0 radical (unpaired) electrons. The highest BCUT2D eigenvalue weighted by Gasteiger charge is 2.06. The van der Waals surface area contributed by atoms with E-state index in [1.54, 1.807) is 0 Å². The van der Waals surface area contributed by atoms with Gasteiger partial charge in [0.15, 0.2) is 0 Å². The van der Waals surface area contributed by atoms with Gasteiger partial charge in [-0.3, -0.25) is 9.79 Å². The number of carbonyl (C=O) groups is 1. The lowest BCUT2D eigenvalue weighted by molar-refractivity contribution is -0.138. The Morgan fingerprint density at radius 1 is 1.56 bits per heavy atom. The Bertz CT molecular complexity index is 432. The maximum Gasteiger partial charge on any atom is 0.327 e. The van der Waals surface area contributed by atoms with Crippen LogP contribution in [0.4, 0.5) is 0 Å². The molecule has 0 aliphatic carbocycles. The zero-order chi connectivity index (χ0) is 12.1. The Morgan fingerprint density at radius 2 is 2.25 bits per heavy atom. The van der Waals surface area contributed by atoms with Crippen molar-refractivity contribution in [3.05, 3.63) is 27.7 Å². The lowest BCUT2D eigenvalue weighted by Gasteiger charge is -2.02. The summed E-state index contributed by atoms with van der Waals surface area (Å²) in [5, 5.41) is 10.1. The molecule has 0 unspecified atom stereocenters. The molecule has 0 bridgehead atoms. The lowest BCUT2D eigenvalue weighted by atomic mass is 10.2. The SMILES string of the molecule is COC(=O)CN=Cc1cc(Cl)cc(Cl)c1O. The lowest BCUT2D eigenvalue weighted by Crippen LogP contribution is -2.04. The fraction of sp³-hybridized carbons (Fsp3) is 0.200. The van der Waals surface area contributed by atoms with E-state index in [2.05, 4.69) is 9.73 Å². The topological polar surface area (TPSA) is 58.9 Å². The van der Waals surface area contributed by atoms with Gasteiger partial charge < -0.3 is 9.84 Å². The Labute approximate surface area is 102 Å². The third-order valence-electron chi connectivity index (χ3n) is 1.74. The summed E-state index contributed by atoms with van der Waals surface area (Å²) in [6, 6.07) is 2.90. The average Bonchev–Trinajstić information content (AvgIpc) is 2.24. The zero-order valence-electron chi connectivity index (χ0n) is 8.41. The number of carbonyl (C=O) groups excluding carboxylic acids is 1. The van der Waals surface area contributed by atoms with Gasteiger partial charge in [0.25, 0.3) is 0 Å². The molecule has 0 atom stereocenters. The highest BCUT2D eigenvalue weighted by Crippen LogP contribution is 2.29. The Balaban J connectivity index is 2.85. The van der Waals surface area contributed by atoms with Crippen molar-refractivity contribution in [1.82, 2.24) is 0 Å². The van der Waals surface area contributed by atoms with E-state index in [0.29, 0.717) is 10.6 Å². The van der Waals surface area contributed by atoms with Crippen LogP contribution >= 0.6 is 23.2 Å². The Hall–Kier alpha value is -1.26. The Morgan fingerprint density at radius 3 is 2.88 bits per heavy atom. The van der Waals surface area contributed by atoms with Crippen molar-refractivity contribution >= 4 is 35.4 Å². The number of ether oxygens (including phenoxy) is 1. The highest BCUT2D eigenvalue weighted by molar-refractivity contribution is 6.36. The van der Waals surface area contributed by atoms with Gasteiger partial charge in [0.2, 0.25) is 0 Å². The maximum atomic E-state index is 10.8. The summed E-state index contributed by atoms with van der Waals surface area (Å²) in [6.07, 6.45) is 1.31. The molecule has 0 amide bonds. The summed E-state index contributed by atoms with van der Waals surface area (Å²) in [5.41, 5.74) is 0.349. The number of rotatable bonds is 3. The van der Waals surface area contributed by atoms with E-state index in [1.807, 2.05) is 0 Å². The molecule has 4 nitrogen and oxygen atoms in total. The molecule has 6 heteroatoms. The molecule has 0 aliphatic heterocycles. The molecule has 0 saturated carbocycles. The fourth-order valence-corrected chi connectivity index (χ4v) is 1.48. The number of aliphatic imine (C=N–C) groups is 1. The molecule has 16 heavy (non-hydrogen) atoms. The quantitative estimate of drug-likeness (QED) is 0.671. The maximum absolute atomic E-state index is 10.8. The number of hydrogen-bond donors (Lipinski definition) is 1. The standard InChI is InChI=1S/C10H9Cl2NO3/c1-16-9(14)5-13-4-6-2-7(11)3-8(12)10(6)15/h2-4,15H,5H2,1H3. The van der Waals surface area contributed by atoms with Crippen molar-refractivity contribution in [1.29, 1.82) is 0 Å². The molecule has 1 rings (SSSR count). The monoisotopic (exact) mass is 261 g/mol. The molecule has 0 heterocycles. The van der Waals surface area contributed by atoms with Crippen molar-refractivity contribution in [2.45, 2.75) is 0 Å². The van der Waals surface area contributed by atoms with Crippen LogP contribution in [0.3, 0.4) is 0 Å². The first kappa shape index (κ1) is 12.8. The van der Waals surface area contributed by atoms with E-state index < -0.39 is 5.97 Å². The van der Waals surface area contributed by atoms with E-state index in [0.717, 1.165) is 0 Å². The second-order valence-electron chi connectivity index (χ2n) is 2.87. The smallest absolute Gasteiger partial charge is 0.327 e. The molecule has 1 N–H and O–H groups in total. The largest absolute Gasteiger partial charge is 0.506 e. The van der Waals surface area contributed by atoms with E-state index in [4.69, 9.17) is 23.2 Å². The molecule has 0 aliphatic rings. The van der Waals surface area contributed by atoms with Crippen LogP contribution in [0, 0.1) is 0 Å². The van der Waals surface area contributed by atoms with Crippen LogP contribution in [-0.4, -0.2) is 30.9 Å². The molecule has 1 aromatic rings. The van der Waals surface area contributed by atoms with Crippen LogP contribution in [0.5, 0.6) is 5.75 Å². The van der Waals surface area contributed by atoms with Crippen molar-refractivity contribution in [2.24, 2.45) is 4.99 Å². The van der Waals surface area contributed by atoms with Gasteiger partial charge in [0.05, 0.1) is 12.1 Å². The minimum absolute atomic E-state index is 0.125. The number of benzene rings is 1. The van der Waals surface area contributed by atoms with E-state index in [9.17, 15) is 9.90 Å². The van der Waals surface area contributed by atoms with Gasteiger partial charge in [-0.25, -0.2) is 0 Å². The van der Waals surface area contributed by atoms with E-state index in [1.165, 1.54) is 25.5 Å². The number of hydrogen-bond acceptors (Lipinski definition) is 4. The third-order valence-corrected chi connectivity index (χ3v) is 2.24. The van der Waals surface area contributed by atoms with Gasteiger partial charge in [0, 0.05) is 16.8 Å². The van der Waals surface area contributed by atoms with Crippen LogP contribution < -0.4 is 0 Å². The van der Waals surface area contributed by atoms with Gasteiger partial charge in [-0.05, 0) is 12.1 Å². The number of aromatic hydroxyl groups is 1. The van der Waals surface area contributed by atoms with Crippen molar-refractivity contribution in [3.8, 4) is 5.75 Å². The van der Waals surface area contributed by atoms with Gasteiger partial charge in [-0.1, -0.05) is 23.2 Å². The van der Waals surface area contributed by atoms with Gasteiger partial charge in [-0.15, -0.1) is 0 Å². The number of phenolic OH excluding ortho intramolecular Hbond substituents is 1. The van der Waals surface area contributed by atoms with E-state index in [-0.39, 0.29) is 17.3 Å². The number of methoxy groups -OCH3 is 1. The van der Waals surface area contributed by atoms with Gasteiger partial charge >= 0.3 is 5.97 Å². The molecule has 0 aromatic heterocycles. The zero-order valence-corrected chi connectivity index (χ0v) is 9.92.